The van der Waals surface area contributed by atoms with Gasteiger partial charge in [0.05, 0.1) is 19.8 Å². The molecule has 1 fully saturated rings. The molecule has 142 valence electrons. The van der Waals surface area contributed by atoms with Crippen molar-refractivity contribution in [3.05, 3.63) is 34.9 Å². The Morgan fingerprint density at radius 1 is 1.40 bits per heavy atom. The van der Waals surface area contributed by atoms with Gasteiger partial charge >= 0.3 is 0 Å². The van der Waals surface area contributed by atoms with Crippen molar-refractivity contribution in [1.29, 1.82) is 0 Å². The third-order valence-corrected chi connectivity index (χ3v) is 4.40. The first-order valence-corrected chi connectivity index (χ1v) is 8.68. The minimum absolute atomic E-state index is 0. The van der Waals surface area contributed by atoms with Crippen molar-refractivity contribution in [2.24, 2.45) is 10.7 Å². The number of hydrogen-bond acceptors (Lipinski definition) is 4. The third-order valence-electron chi connectivity index (χ3n) is 4.07. The van der Waals surface area contributed by atoms with Crippen molar-refractivity contribution in [1.82, 2.24) is 10.2 Å². The molecule has 0 aliphatic carbocycles. The Morgan fingerprint density at radius 2 is 2.08 bits per heavy atom. The molecular weight excluding hydrogens is 455 g/mol. The zero-order valence-electron chi connectivity index (χ0n) is 14.6. The van der Waals surface area contributed by atoms with Crippen LogP contribution in [0.2, 0.25) is 5.02 Å². The molecule has 1 heterocycles. The molecule has 2 rings (SSSR count). The smallest absolute Gasteiger partial charge is 0.188 e. The predicted octanol–water partition coefficient (Wildman–Crippen LogP) is 1.79. The second-order valence-electron chi connectivity index (χ2n) is 6.19. The van der Waals surface area contributed by atoms with Crippen molar-refractivity contribution >= 4 is 41.5 Å². The van der Waals surface area contributed by atoms with Gasteiger partial charge in [0.15, 0.2) is 5.96 Å². The highest BCUT2D eigenvalue weighted by Crippen LogP contribution is 2.27. The number of nitrogens with two attached hydrogens (primary N) is 1. The average Bonchev–Trinajstić information content (AvgIpc) is 2.58. The molecule has 0 bridgehead atoms. The van der Waals surface area contributed by atoms with Crippen LogP contribution in [0.15, 0.2) is 29.3 Å². The first kappa shape index (κ1) is 22.4. The van der Waals surface area contributed by atoms with Gasteiger partial charge in [-0.3, -0.25) is 9.89 Å². The highest BCUT2D eigenvalue weighted by atomic mass is 127. The summed E-state index contributed by atoms with van der Waals surface area (Å²) >= 11 is 6.13. The maximum atomic E-state index is 10.6. The van der Waals surface area contributed by atoms with Crippen LogP contribution in [0.3, 0.4) is 0 Å². The quantitative estimate of drug-likeness (QED) is 0.239. The lowest BCUT2D eigenvalue weighted by Gasteiger charge is -2.26. The van der Waals surface area contributed by atoms with Gasteiger partial charge in [-0.15, -0.1) is 24.0 Å². The van der Waals surface area contributed by atoms with E-state index in [1.807, 2.05) is 12.1 Å². The fourth-order valence-electron chi connectivity index (χ4n) is 2.62. The minimum Gasteiger partial charge on any atom is -0.383 e. The number of aliphatic hydroxyl groups is 1. The van der Waals surface area contributed by atoms with Gasteiger partial charge in [-0.05, 0) is 26.0 Å². The minimum atomic E-state index is -1.15. The molecule has 1 unspecified atom stereocenters. The van der Waals surface area contributed by atoms with E-state index in [0.717, 1.165) is 45.8 Å². The van der Waals surface area contributed by atoms with Gasteiger partial charge in [-0.2, -0.15) is 0 Å². The lowest BCUT2D eigenvalue weighted by Crippen LogP contribution is -2.39. The number of halogens is 2. The number of nitrogens with zero attached hydrogens (tertiary/aromatic N) is 2. The molecule has 4 N–H and O–H groups in total. The number of morpholine rings is 1. The van der Waals surface area contributed by atoms with E-state index in [1.54, 1.807) is 19.1 Å². The summed E-state index contributed by atoms with van der Waals surface area (Å²) in [6.07, 6.45) is 0.983. The highest BCUT2D eigenvalue weighted by molar-refractivity contribution is 14.0. The Bertz CT molecular complexity index is 551. The molecule has 1 atom stereocenters. The summed E-state index contributed by atoms with van der Waals surface area (Å²) < 4.78 is 5.32. The van der Waals surface area contributed by atoms with E-state index in [-0.39, 0.29) is 30.5 Å². The summed E-state index contributed by atoms with van der Waals surface area (Å²) in [6.45, 7) is 7.21. The lowest BCUT2D eigenvalue weighted by molar-refractivity contribution is 0.0376. The average molecular weight is 483 g/mol. The Kier molecular flexibility index (Phi) is 10.0. The number of benzene rings is 1. The van der Waals surface area contributed by atoms with Crippen molar-refractivity contribution in [2.75, 3.05) is 45.9 Å². The first-order valence-electron chi connectivity index (χ1n) is 8.30. The van der Waals surface area contributed by atoms with E-state index < -0.39 is 5.60 Å². The van der Waals surface area contributed by atoms with Crippen LogP contribution in [0.25, 0.3) is 0 Å². The predicted molar refractivity (Wildman–Crippen MR) is 113 cm³/mol. The van der Waals surface area contributed by atoms with Crippen molar-refractivity contribution in [3.63, 3.8) is 0 Å². The fourth-order valence-corrected chi connectivity index (χ4v) is 2.96. The zero-order valence-corrected chi connectivity index (χ0v) is 17.7. The van der Waals surface area contributed by atoms with Gasteiger partial charge < -0.3 is 20.9 Å². The SMILES string of the molecule is CC(O)(CN=C(N)NCCCN1CCOCC1)c1ccccc1Cl.I. The van der Waals surface area contributed by atoms with E-state index in [0.29, 0.717) is 16.5 Å². The lowest BCUT2D eigenvalue weighted by atomic mass is 9.96. The second-order valence-corrected chi connectivity index (χ2v) is 6.60. The zero-order chi connectivity index (χ0) is 17.4. The molecule has 1 aromatic carbocycles. The monoisotopic (exact) mass is 482 g/mol. The molecule has 25 heavy (non-hydrogen) atoms. The van der Waals surface area contributed by atoms with Gasteiger partial charge in [0.2, 0.25) is 0 Å². The number of aliphatic imine (C=N–C) groups is 1. The van der Waals surface area contributed by atoms with E-state index in [2.05, 4.69) is 15.2 Å². The van der Waals surface area contributed by atoms with Crippen molar-refractivity contribution in [2.45, 2.75) is 18.9 Å². The molecule has 0 spiro atoms. The number of ether oxygens (including phenoxy) is 1. The van der Waals surface area contributed by atoms with E-state index in [1.165, 1.54) is 0 Å². The Morgan fingerprint density at radius 3 is 2.76 bits per heavy atom. The molecule has 0 amide bonds. The van der Waals surface area contributed by atoms with Gasteiger partial charge in [0, 0.05) is 30.2 Å². The number of rotatable bonds is 7. The molecule has 6 nitrogen and oxygen atoms in total. The first-order chi connectivity index (χ1) is 11.5. The molecule has 1 aromatic rings. The van der Waals surface area contributed by atoms with Crippen LogP contribution in [-0.4, -0.2) is 61.9 Å². The van der Waals surface area contributed by atoms with Crippen LogP contribution in [0.4, 0.5) is 0 Å². The standard InChI is InChI=1S/C17H27ClN4O2.HI/c1-17(23,14-5-2-3-6-15(14)18)13-21-16(19)20-7-4-8-22-9-11-24-12-10-22;/h2-3,5-6,23H,4,7-13H2,1H3,(H3,19,20,21);1H. The number of guanidine groups is 1. The summed E-state index contributed by atoms with van der Waals surface area (Å²) in [4.78, 5) is 6.61. The van der Waals surface area contributed by atoms with E-state index >= 15 is 0 Å². The van der Waals surface area contributed by atoms with Crippen LogP contribution in [0, 0.1) is 0 Å². The van der Waals surface area contributed by atoms with Gasteiger partial charge in [0.25, 0.3) is 0 Å². The maximum absolute atomic E-state index is 10.6. The van der Waals surface area contributed by atoms with Crippen LogP contribution >= 0.6 is 35.6 Å². The van der Waals surface area contributed by atoms with Gasteiger partial charge in [-0.25, -0.2) is 0 Å². The van der Waals surface area contributed by atoms with Crippen molar-refractivity contribution < 1.29 is 9.84 Å². The summed E-state index contributed by atoms with van der Waals surface area (Å²) in [5.41, 5.74) is 5.37. The summed E-state index contributed by atoms with van der Waals surface area (Å²) in [5, 5.41) is 14.2. The molecule has 0 aromatic heterocycles. The molecule has 1 saturated heterocycles. The molecule has 0 saturated carbocycles. The van der Waals surface area contributed by atoms with Gasteiger partial charge in [-0.1, -0.05) is 29.8 Å². The molecule has 1 aliphatic rings. The maximum Gasteiger partial charge on any atom is 0.188 e. The van der Waals surface area contributed by atoms with Crippen molar-refractivity contribution in [3.8, 4) is 0 Å². The van der Waals surface area contributed by atoms with Crippen LogP contribution in [0.1, 0.15) is 18.9 Å². The topological polar surface area (TPSA) is 83.1 Å². The molecule has 1 aliphatic heterocycles. The molecular formula is C17H28ClIN4O2. The Labute approximate surface area is 171 Å². The number of nitrogens with one attached hydrogen (secondary N) is 1. The Balaban J connectivity index is 0.00000312. The van der Waals surface area contributed by atoms with Crippen LogP contribution in [0.5, 0.6) is 0 Å². The normalized spacial score (nSPS) is 18.3. The molecule has 0 radical (unpaired) electrons. The Hall–Kier alpha value is -0.610. The number of hydrogen-bond donors (Lipinski definition) is 3. The second kappa shape index (κ2) is 11.2. The summed E-state index contributed by atoms with van der Waals surface area (Å²) in [6, 6.07) is 7.22. The third kappa shape index (κ3) is 7.65. The van der Waals surface area contributed by atoms with Crippen LogP contribution in [-0.2, 0) is 10.3 Å². The van der Waals surface area contributed by atoms with Gasteiger partial charge in [0.1, 0.15) is 5.60 Å². The largest absolute Gasteiger partial charge is 0.383 e. The van der Waals surface area contributed by atoms with E-state index in [4.69, 9.17) is 22.1 Å². The fraction of sp³-hybridized carbons (Fsp3) is 0.588. The summed E-state index contributed by atoms with van der Waals surface area (Å²) in [7, 11) is 0. The summed E-state index contributed by atoms with van der Waals surface area (Å²) in [5.74, 6) is 0.337. The highest BCUT2D eigenvalue weighted by Gasteiger charge is 2.25. The molecule has 8 heteroatoms. The van der Waals surface area contributed by atoms with Crippen LogP contribution < -0.4 is 11.1 Å². The van der Waals surface area contributed by atoms with E-state index in [9.17, 15) is 5.11 Å².